The van der Waals surface area contributed by atoms with Gasteiger partial charge in [0, 0.05) is 17.1 Å². The van der Waals surface area contributed by atoms with Gasteiger partial charge in [0.05, 0.1) is 17.9 Å². The lowest BCUT2D eigenvalue weighted by molar-refractivity contribution is 0.0565. The molecule has 0 bridgehead atoms. The number of ether oxygens (including phenoxy) is 4. The van der Waals surface area contributed by atoms with Crippen molar-refractivity contribution in [1.82, 2.24) is 4.98 Å². The van der Waals surface area contributed by atoms with Crippen LogP contribution in [-0.2, 0) is 9.47 Å². The number of nitrogens with zero attached hydrogens (tertiary/aromatic N) is 2. The predicted octanol–water partition coefficient (Wildman–Crippen LogP) is 8.44. The second kappa shape index (κ2) is 12.8. The molecule has 0 aliphatic carbocycles. The molecule has 12 heteroatoms. The molecule has 246 valence electrons. The molecule has 2 N–H and O–H groups in total. The van der Waals surface area contributed by atoms with Gasteiger partial charge >= 0.3 is 18.3 Å². The molecule has 3 amide bonds. The van der Waals surface area contributed by atoms with Crippen molar-refractivity contribution < 1.29 is 37.7 Å². The number of amides is 3. The average Bonchev–Trinajstić information content (AvgIpc) is 2.97. The number of fused-ring (bicyclic) bond motifs is 2. The van der Waals surface area contributed by atoms with Gasteiger partial charge in [0.2, 0.25) is 0 Å². The van der Waals surface area contributed by atoms with Gasteiger partial charge in [-0.25, -0.2) is 23.8 Å². The Morgan fingerprint density at radius 2 is 1.60 bits per heavy atom. The molecule has 3 aromatic carbocycles. The Labute approximate surface area is 272 Å². The first-order valence-electron chi connectivity index (χ1n) is 15.0. The molecule has 0 atom stereocenters. The highest BCUT2D eigenvalue weighted by atomic mass is 19.1. The number of anilines is 3. The lowest BCUT2D eigenvalue weighted by Crippen LogP contribution is -2.42. The van der Waals surface area contributed by atoms with Crippen molar-refractivity contribution in [2.45, 2.75) is 59.7 Å². The van der Waals surface area contributed by atoms with Crippen LogP contribution in [0.1, 0.15) is 47.1 Å². The van der Waals surface area contributed by atoms with Gasteiger partial charge in [-0.05, 0) is 95.3 Å². The Morgan fingerprint density at radius 3 is 2.28 bits per heavy atom. The van der Waals surface area contributed by atoms with Gasteiger partial charge in [-0.3, -0.25) is 15.5 Å². The summed E-state index contributed by atoms with van der Waals surface area (Å²) in [5.41, 5.74) is -0.205. The number of nitrogens with one attached hydrogen (secondary N) is 2. The zero-order valence-electron chi connectivity index (χ0n) is 27.3. The lowest BCUT2D eigenvalue weighted by atomic mass is 9.94. The minimum atomic E-state index is -0.866. The summed E-state index contributed by atoms with van der Waals surface area (Å²) in [6.45, 7) is 12.7. The zero-order chi connectivity index (χ0) is 34.1. The van der Waals surface area contributed by atoms with E-state index in [9.17, 15) is 14.4 Å². The van der Waals surface area contributed by atoms with Gasteiger partial charge in [-0.2, -0.15) is 0 Å². The largest absolute Gasteiger partial charge is 0.490 e. The smallest absolute Gasteiger partial charge is 0.418 e. The number of aromatic nitrogens is 1. The molecular weight excluding hydrogens is 607 g/mol. The van der Waals surface area contributed by atoms with Crippen molar-refractivity contribution in [3.63, 3.8) is 0 Å². The van der Waals surface area contributed by atoms with E-state index >= 15 is 4.39 Å². The maximum atomic E-state index is 16.6. The molecule has 0 radical (unpaired) electrons. The van der Waals surface area contributed by atoms with E-state index in [1.54, 1.807) is 97.0 Å². The van der Waals surface area contributed by atoms with E-state index in [4.69, 9.17) is 18.9 Å². The molecule has 2 heterocycles. The monoisotopic (exact) mass is 644 g/mol. The normalized spacial score (nSPS) is 12.9. The van der Waals surface area contributed by atoms with Crippen LogP contribution in [0, 0.1) is 12.7 Å². The van der Waals surface area contributed by atoms with E-state index in [1.165, 1.54) is 17.2 Å². The molecule has 1 aliphatic rings. The number of halogens is 1. The molecule has 0 saturated heterocycles. The first kappa shape index (κ1) is 33.0. The van der Waals surface area contributed by atoms with Gasteiger partial charge in [-0.1, -0.05) is 24.3 Å². The molecule has 0 fully saturated rings. The van der Waals surface area contributed by atoms with Crippen molar-refractivity contribution in [2.24, 2.45) is 0 Å². The Bertz CT molecular complexity index is 1850. The number of benzene rings is 3. The van der Waals surface area contributed by atoms with Crippen LogP contribution in [0.15, 0.2) is 60.8 Å². The number of hydrogen-bond donors (Lipinski definition) is 2. The SMILES string of the molecule is Cc1c(-c2cc3cc(NC(=O)Oc4ccccc4)ncc3c(NC(=O)OC(C)(C)C)c2F)ccc2c1N(C(=O)OC(C)(C)C)CCO2. The lowest BCUT2D eigenvalue weighted by Gasteiger charge is -2.33. The third-order valence-electron chi connectivity index (χ3n) is 6.91. The van der Waals surface area contributed by atoms with Crippen LogP contribution >= 0.6 is 0 Å². The van der Waals surface area contributed by atoms with E-state index in [0.717, 1.165) is 0 Å². The Balaban J connectivity index is 1.61. The Hall–Kier alpha value is -5.39. The van der Waals surface area contributed by atoms with Crippen molar-refractivity contribution in [1.29, 1.82) is 0 Å². The first-order chi connectivity index (χ1) is 22.1. The summed E-state index contributed by atoms with van der Waals surface area (Å²) in [6, 6.07) is 15.0. The number of carbonyl (C=O) groups excluding carboxylic acids is 3. The molecule has 11 nitrogen and oxygen atoms in total. The van der Waals surface area contributed by atoms with Crippen LogP contribution in [0.2, 0.25) is 0 Å². The first-order valence-corrected chi connectivity index (χ1v) is 15.0. The van der Waals surface area contributed by atoms with Crippen LogP contribution in [0.4, 0.5) is 36.0 Å². The van der Waals surface area contributed by atoms with Crippen molar-refractivity contribution in [3.05, 3.63) is 72.2 Å². The van der Waals surface area contributed by atoms with Crippen molar-refractivity contribution in [3.8, 4) is 22.6 Å². The molecular formula is C35H37FN4O7. The zero-order valence-corrected chi connectivity index (χ0v) is 27.3. The fraction of sp³-hybridized carbons (Fsp3) is 0.314. The Kier molecular flexibility index (Phi) is 8.97. The fourth-order valence-corrected chi connectivity index (χ4v) is 5.07. The molecule has 4 aromatic rings. The van der Waals surface area contributed by atoms with E-state index in [-0.39, 0.29) is 35.6 Å². The van der Waals surface area contributed by atoms with E-state index < -0.39 is 35.3 Å². The minimum Gasteiger partial charge on any atom is -0.490 e. The molecule has 1 aliphatic heterocycles. The summed E-state index contributed by atoms with van der Waals surface area (Å²) in [5.74, 6) is 0.166. The van der Waals surface area contributed by atoms with Gasteiger partial charge in [0.25, 0.3) is 0 Å². The molecule has 0 spiro atoms. The van der Waals surface area contributed by atoms with Gasteiger partial charge in [0.1, 0.15) is 35.1 Å². The summed E-state index contributed by atoms with van der Waals surface area (Å²) in [4.78, 5) is 44.4. The third-order valence-corrected chi connectivity index (χ3v) is 6.91. The second-order valence-corrected chi connectivity index (χ2v) is 12.9. The summed E-state index contributed by atoms with van der Waals surface area (Å²) >= 11 is 0. The van der Waals surface area contributed by atoms with E-state index in [0.29, 0.717) is 33.7 Å². The summed E-state index contributed by atoms with van der Waals surface area (Å²) in [6.07, 6.45) is -0.858. The number of para-hydroxylation sites is 1. The van der Waals surface area contributed by atoms with E-state index in [2.05, 4.69) is 15.6 Å². The number of carbonyl (C=O) groups is 3. The molecule has 1 aromatic heterocycles. The highest BCUT2D eigenvalue weighted by Gasteiger charge is 2.31. The molecule has 0 unspecified atom stereocenters. The van der Waals surface area contributed by atoms with E-state index in [1.807, 2.05) is 0 Å². The number of rotatable bonds is 4. The summed E-state index contributed by atoms with van der Waals surface area (Å²) < 4.78 is 38.8. The van der Waals surface area contributed by atoms with Crippen LogP contribution in [0.25, 0.3) is 21.9 Å². The maximum Gasteiger partial charge on any atom is 0.418 e. The average molecular weight is 645 g/mol. The number of pyridine rings is 1. The van der Waals surface area contributed by atoms with Crippen LogP contribution in [0.5, 0.6) is 11.5 Å². The second-order valence-electron chi connectivity index (χ2n) is 12.9. The van der Waals surface area contributed by atoms with Crippen LogP contribution in [-0.4, -0.2) is 47.6 Å². The highest BCUT2D eigenvalue weighted by Crippen LogP contribution is 2.44. The summed E-state index contributed by atoms with van der Waals surface area (Å²) in [5, 5.41) is 5.83. The molecule has 0 saturated carbocycles. The third kappa shape index (κ3) is 7.71. The standard InChI is InChI=1S/C35H37FN4O7/c1-20-23(13-14-26-30(20)40(15-16-44-26)33(43)47-35(5,6)7)24-17-21-18-27(38-31(41)45-22-11-9-8-10-12-22)37-19-25(21)29(28(24)36)39-32(42)46-34(2,3)4/h8-14,17-19H,15-16H2,1-7H3,(H,39,42)(H,37,38,41). The predicted molar refractivity (Wildman–Crippen MR) is 177 cm³/mol. The number of hydrogen-bond acceptors (Lipinski definition) is 8. The van der Waals surface area contributed by atoms with Gasteiger partial charge in [-0.15, -0.1) is 0 Å². The van der Waals surface area contributed by atoms with Crippen molar-refractivity contribution >= 4 is 46.2 Å². The Morgan fingerprint density at radius 1 is 0.894 bits per heavy atom. The van der Waals surface area contributed by atoms with Gasteiger partial charge < -0.3 is 18.9 Å². The fourth-order valence-electron chi connectivity index (χ4n) is 5.07. The minimum absolute atomic E-state index is 0.114. The van der Waals surface area contributed by atoms with Crippen molar-refractivity contribution in [2.75, 3.05) is 28.7 Å². The van der Waals surface area contributed by atoms with Gasteiger partial charge in [0.15, 0.2) is 5.82 Å². The topological polar surface area (TPSA) is 128 Å². The maximum absolute atomic E-state index is 16.6. The quantitative estimate of drug-likeness (QED) is 0.227. The molecule has 5 rings (SSSR count). The van der Waals surface area contributed by atoms with Crippen LogP contribution < -0.4 is 25.0 Å². The summed E-state index contributed by atoms with van der Waals surface area (Å²) in [7, 11) is 0. The van der Waals surface area contributed by atoms with Crippen LogP contribution in [0.3, 0.4) is 0 Å². The molecule has 47 heavy (non-hydrogen) atoms. The highest BCUT2D eigenvalue weighted by molar-refractivity contribution is 6.05.